The Morgan fingerprint density at radius 1 is 1.14 bits per heavy atom. The van der Waals surface area contributed by atoms with Crippen LogP contribution < -0.4 is 19.5 Å². The Labute approximate surface area is 202 Å². The number of piperazine rings is 1. The Bertz CT molecular complexity index is 1250. The van der Waals surface area contributed by atoms with Crippen molar-refractivity contribution in [3.63, 3.8) is 0 Å². The van der Waals surface area contributed by atoms with Crippen molar-refractivity contribution in [2.24, 2.45) is 0 Å². The quantitative estimate of drug-likeness (QED) is 0.589. The Morgan fingerprint density at radius 3 is 2.71 bits per heavy atom. The van der Waals surface area contributed by atoms with E-state index in [1.807, 2.05) is 42.3 Å². The minimum absolute atomic E-state index is 0.0386. The summed E-state index contributed by atoms with van der Waals surface area (Å²) in [6, 6.07) is 9.22. The molecular formula is C24H27N7O4. The average molecular weight is 478 g/mol. The van der Waals surface area contributed by atoms with Gasteiger partial charge in [0.25, 0.3) is 5.91 Å². The molecule has 1 atom stereocenters. The van der Waals surface area contributed by atoms with Crippen molar-refractivity contribution in [3.05, 3.63) is 52.8 Å². The second kappa shape index (κ2) is 8.82. The van der Waals surface area contributed by atoms with Gasteiger partial charge in [0.1, 0.15) is 6.04 Å². The van der Waals surface area contributed by atoms with Gasteiger partial charge in [-0.05, 0) is 59.8 Å². The minimum Gasteiger partial charge on any atom is -0.492 e. The summed E-state index contributed by atoms with van der Waals surface area (Å²) in [6.45, 7) is 4.06. The molecule has 1 N–H and O–H groups in total. The van der Waals surface area contributed by atoms with Crippen molar-refractivity contribution in [2.45, 2.75) is 12.5 Å². The van der Waals surface area contributed by atoms with Crippen molar-refractivity contribution < 1.29 is 19.0 Å². The Kier molecular flexibility index (Phi) is 5.50. The Hall–Kier alpha value is -3.70. The van der Waals surface area contributed by atoms with Crippen LogP contribution in [0, 0.1) is 0 Å². The molecule has 35 heavy (non-hydrogen) atoms. The van der Waals surface area contributed by atoms with Crippen molar-refractivity contribution in [1.82, 2.24) is 35.3 Å². The van der Waals surface area contributed by atoms with Gasteiger partial charge < -0.3 is 24.4 Å². The number of carbonyl (C=O) groups excluding carboxylic acids is 1. The van der Waals surface area contributed by atoms with Crippen LogP contribution >= 0.6 is 0 Å². The first kappa shape index (κ1) is 21.8. The molecule has 6 rings (SSSR count). The third kappa shape index (κ3) is 3.67. The summed E-state index contributed by atoms with van der Waals surface area (Å²) in [4.78, 5) is 16.9. The van der Waals surface area contributed by atoms with Crippen molar-refractivity contribution in [3.8, 4) is 22.9 Å². The molecule has 0 spiro atoms. The number of tetrazole rings is 1. The van der Waals surface area contributed by atoms with E-state index in [2.05, 4.69) is 25.7 Å². The number of likely N-dealkylation sites (N-methyl/N-ethyl adjacent to an activating group) is 1. The van der Waals surface area contributed by atoms with Gasteiger partial charge in [0.2, 0.25) is 12.5 Å². The number of nitrogens with zero attached hydrogens (tertiary/aromatic N) is 6. The van der Waals surface area contributed by atoms with E-state index in [0.29, 0.717) is 41.7 Å². The maximum atomic E-state index is 12.9. The molecule has 1 amide bonds. The molecule has 3 aliphatic heterocycles. The lowest BCUT2D eigenvalue weighted by Gasteiger charge is -2.34. The van der Waals surface area contributed by atoms with Gasteiger partial charge in [-0.1, -0.05) is 0 Å². The summed E-state index contributed by atoms with van der Waals surface area (Å²) in [5.74, 6) is 2.66. The summed E-state index contributed by atoms with van der Waals surface area (Å²) in [7, 11) is 3.69. The number of benzene rings is 2. The number of rotatable bonds is 4. The molecule has 11 heteroatoms. The zero-order valence-corrected chi connectivity index (χ0v) is 19.7. The monoisotopic (exact) mass is 477 g/mol. The molecule has 2 aromatic carbocycles. The molecule has 3 aromatic rings. The number of hydrogen-bond acceptors (Lipinski definition) is 9. The first-order valence-corrected chi connectivity index (χ1v) is 11.7. The summed E-state index contributed by atoms with van der Waals surface area (Å²) < 4.78 is 18.9. The highest BCUT2D eigenvalue weighted by molar-refractivity contribution is 5.94. The lowest BCUT2D eigenvalue weighted by Crippen LogP contribution is -2.46. The highest BCUT2D eigenvalue weighted by Crippen LogP contribution is 2.50. The van der Waals surface area contributed by atoms with Crippen LogP contribution in [0.5, 0.6) is 17.2 Å². The first-order chi connectivity index (χ1) is 17.2. The van der Waals surface area contributed by atoms with Crippen molar-refractivity contribution in [1.29, 1.82) is 0 Å². The van der Waals surface area contributed by atoms with Crippen LogP contribution in [0.2, 0.25) is 0 Å². The van der Waals surface area contributed by atoms with E-state index in [1.54, 1.807) is 11.8 Å². The van der Waals surface area contributed by atoms with Crippen LogP contribution in [-0.2, 0) is 6.42 Å². The molecule has 1 fully saturated rings. The summed E-state index contributed by atoms with van der Waals surface area (Å²) in [5, 5.41) is 16.0. The summed E-state index contributed by atoms with van der Waals surface area (Å²) in [6.07, 6.45) is 0.847. The predicted octanol–water partition coefficient (Wildman–Crippen LogP) is 1.02. The number of carbonyl (C=O) groups is 1. The molecule has 0 aliphatic carbocycles. The topological polar surface area (TPSA) is 107 Å². The molecule has 1 saturated heterocycles. The van der Waals surface area contributed by atoms with Crippen LogP contribution in [0.1, 0.15) is 33.4 Å². The maximum absolute atomic E-state index is 12.9. The van der Waals surface area contributed by atoms with Gasteiger partial charge in [-0.2, -0.15) is 4.68 Å². The fraction of sp³-hybridized carbons (Fsp3) is 0.417. The third-order valence-electron chi connectivity index (χ3n) is 6.90. The zero-order valence-electron chi connectivity index (χ0n) is 19.7. The summed E-state index contributed by atoms with van der Waals surface area (Å²) >= 11 is 0. The summed E-state index contributed by atoms with van der Waals surface area (Å²) in [5.41, 5.74) is 3.54. The Morgan fingerprint density at radius 2 is 1.94 bits per heavy atom. The van der Waals surface area contributed by atoms with Crippen LogP contribution in [0.3, 0.4) is 0 Å². The van der Waals surface area contributed by atoms with E-state index in [4.69, 9.17) is 14.2 Å². The normalized spacial score (nSPS) is 19.5. The number of methoxy groups -OCH3 is 1. The average Bonchev–Trinajstić information content (AvgIpc) is 3.57. The number of nitrogens with one attached hydrogen (secondary N) is 1. The molecule has 3 aliphatic rings. The smallest absolute Gasteiger partial charge is 0.253 e. The van der Waals surface area contributed by atoms with Crippen molar-refractivity contribution in [2.75, 3.05) is 53.7 Å². The Balaban J connectivity index is 1.36. The molecule has 4 heterocycles. The van der Waals surface area contributed by atoms with E-state index in [-0.39, 0.29) is 18.7 Å². The number of amides is 1. The van der Waals surface area contributed by atoms with E-state index in [1.165, 1.54) is 0 Å². The van der Waals surface area contributed by atoms with Crippen molar-refractivity contribution >= 4 is 5.91 Å². The molecular weight excluding hydrogens is 450 g/mol. The van der Waals surface area contributed by atoms with Gasteiger partial charge in [-0.25, -0.2) is 0 Å². The standard InChI is InChI=1S/C24H27N7O4/c1-29-10-7-16-13-18-21(35-14-34-18)22(33-2)19(16)20(29)23-26-27-28-31(23)17-5-3-15(4-6-17)24(32)30-11-8-25-9-12-30/h3-6,13,20,25H,7-12,14H2,1-2H3/t20-/m1/s1. The second-order valence-electron chi connectivity index (χ2n) is 8.89. The lowest BCUT2D eigenvalue weighted by atomic mass is 9.90. The van der Waals surface area contributed by atoms with Gasteiger partial charge >= 0.3 is 0 Å². The van der Waals surface area contributed by atoms with E-state index in [0.717, 1.165) is 42.9 Å². The highest BCUT2D eigenvalue weighted by Gasteiger charge is 2.37. The van der Waals surface area contributed by atoms with Gasteiger partial charge in [-0.15, -0.1) is 5.10 Å². The molecule has 0 radical (unpaired) electrons. The molecule has 0 bridgehead atoms. The zero-order chi connectivity index (χ0) is 23.9. The van der Waals surface area contributed by atoms with Crippen LogP contribution in [0.25, 0.3) is 5.69 Å². The van der Waals surface area contributed by atoms with Gasteiger partial charge in [0.15, 0.2) is 17.3 Å². The van der Waals surface area contributed by atoms with E-state index in [9.17, 15) is 4.79 Å². The maximum Gasteiger partial charge on any atom is 0.253 e. The van der Waals surface area contributed by atoms with Crippen LogP contribution in [0.15, 0.2) is 30.3 Å². The largest absolute Gasteiger partial charge is 0.492 e. The predicted molar refractivity (Wildman–Crippen MR) is 125 cm³/mol. The highest BCUT2D eigenvalue weighted by atomic mass is 16.7. The van der Waals surface area contributed by atoms with Crippen LogP contribution in [-0.4, -0.2) is 89.6 Å². The first-order valence-electron chi connectivity index (χ1n) is 11.7. The SMILES string of the molecule is COc1c2c(cc3c1[C@H](c1nnnn1-c1ccc(C(=O)N4CCNCC4)cc1)N(C)CC3)OCO2. The number of ether oxygens (including phenoxy) is 3. The fourth-order valence-electron chi connectivity index (χ4n) is 5.10. The van der Waals surface area contributed by atoms with Gasteiger partial charge in [0.05, 0.1) is 12.8 Å². The molecule has 182 valence electrons. The van der Waals surface area contributed by atoms with Gasteiger partial charge in [-0.3, -0.25) is 9.69 Å². The molecule has 11 nitrogen and oxygen atoms in total. The van der Waals surface area contributed by atoms with E-state index < -0.39 is 0 Å². The fourth-order valence-corrected chi connectivity index (χ4v) is 5.10. The van der Waals surface area contributed by atoms with E-state index >= 15 is 0 Å². The molecule has 0 saturated carbocycles. The van der Waals surface area contributed by atoms with Crippen LogP contribution in [0.4, 0.5) is 0 Å². The number of hydrogen-bond donors (Lipinski definition) is 1. The lowest BCUT2D eigenvalue weighted by molar-refractivity contribution is 0.0736. The minimum atomic E-state index is -0.250. The molecule has 0 unspecified atom stereocenters. The third-order valence-corrected chi connectivity index (χ3v) is 6.90. The number of fused-ring (bicyclic) bond motifs is 2. The van der Waals surface area contributed by atoms with Gasteiger partial charge in [0, 0.05) is 43.9 Å². The molecule has 1 aromatic heterocycles. The second-order valence-corrected chi connectivity index (χ2v) is 8.89. The number of aromatic nitrogens is 4.